The summed E-state index contributed by atoms with van der Waals surface area (Å²) >= 11 is 0. The molecule has 0 unspecified atom stereocenters. The highest BCUT2D eigenvalue weighted by Gasteiger charge is 2.30. The number of ether oxygens (including phenoxy) is 1. The third-order valence-electron chi connectivity index (χ3n) is 5.98. The molecule has 0 saturated heterocycles. The summed E-state index contributed by atoms with van der Waals surface area (Å²) in [5.41, 5.74) is 4.06. The van der Waals surface area contributed by atoms with Crippen molar-refractivity contribution >= 4 is 11.8 Å². The number of amides is 2. The number of carbonyl (C=O) groups is 2. The largest absolute Gasteiger partial charge is 0.484 e. The van der Waals surface area contributed by atoms with E-state index in [1.807, 2.05) is 86.6 Å². The second-order valence-corrected chi connectivity index (χ2v) is 8.91. The molecular weight excluding hydrogens is 436 g/mol. The van der Waals surface area contributed by atoms with Crippen LogP contribution in [0.5, 0.6) is 5.75 Å². The van der Waals surface area contributed by atoms with Crippen LogP contribution in [0.1, 0.15) is 42.0 Å². The summed E-state index contributed by atoms with van der Waals surface area (Å²) in [6, 6.07) is 24.9. The Hall–Kier alpha value is -3.60. The molecule has 0 radical (unpaired) electrons. The highest BCUT2D eigenvalue weighted by Crippen LogP contribution is 2.19. The van der Waals surface area contributed by atoms with Crippen LogP contribution >= 0.6 is 0 Å². The molecule has 0 aromatic heterocycles. The fourth-order valence-corrected chi connectivity index (χ4v) is 4.01. The van der Waals surface area contributed by atoms with Gasteiger partial charge in [0, 0.05) is 19.5 Å². The number of carbonyl (C=O) groups excluding carboxylic acids is 2. The van der Waals surface area contributed by atoms with Gasteiger partial charge in [-0.25, -0.2) is 0 Å². The predicted molar refractivity (Wildman–Crippen MR) is 140 cm³/mol. The number of nitrogens with zero attached hydrogens (tertiary/aromatic N) is 1. The van der Waals surface area contributed by atoms with E-state index in [9.17, 15) is 9.59 Å². The van der Waals surface area contributed by atoms with Crippen LogP contribution in [0, 0.1) is 13.8 Å². The molecule has 1 atom stereocenters. The highest BCUT2D eigenvalue weighted by molar-refractivity contribution is 5.88. The number of para-hydroxylation sites is 1. The average molecular weight is 473 g/mol. The van der Waals surface area contributed by atoms with Crippen molar-refractivity contribution in [2.75, 3.05) is 13.2 Å². The summed E-state index contributed by atoms with van der Waals surface area (Å²) in [7, 11) is 0. The van der Waals surface area contributed by atoms with Gasteiger partial charge in [0.2, 0.25) is 5.91 Å². The molecule has 0 fully saturated rings. The van der Waals surface area contributed by atoms with Crippen LogP contribution in [0.15, 0.2) is 78.9 Å². The molecule has 0 aliphatic heterocycles. The van der Waals surface area contributed by atoms with E-state index in [-0.39, 0.29) is 18.4 Å². The molecule has 184 valence electrons. The summed E-state index contributed by atoms with van der Waals surface area (Å²) in [6.45, 7) is 6.84. The standard InChI is InChI=1S/C30H36N2O3/c1-4-5-18-31-30(34)27(20-25-14-7-6-8-15-25)32(21-26-16-11-12-23(2)19-26)29(33)22-35-28-17-10-9-13-24(28)3/h6-17,19,27H,4-5,18,20-22H2,1-3H3,(H,31,34)/t27-/m0/s1. The van der Waals surface area contributed by atoms with Gasteiger partial charge in [0.05, 0.1) is 0 Å². The second kappa shape index (κ2) is 13.3. The van der Waals surface area contributed by atoms with Gasteiger partial charge in [-0.2, -0.15) is 0 Å². The second-order valence-electron chi connectivity index (χ2n) is 8.91. The number of unbranched alkanes of at least 4 members (excludes halogenated alkanes) is 1. The van der Waals surface area contributed by atoms with Gasteiger partial charge in [0.25, 0.3) is 5.91 Å². The molecule has 35 heavy (non-hydrogen) atoms. The molecule has 0 aliphatic rings. The van der Waals surface area contributed by atoms with Crippen LogP contribution in [-0.4, -0.2) is 35.9 Å². The summed E-state index contributed by atoms with van der Waals surface area (Å²) in [5.74, 6) is 0.309. The van der Waals surface area contributed by atoms with Crippen LogP contribution in [-0.2, 0) is 22.6 Å². The first-order chi connectivity index (χ1) is 17.0. The molecule has 5 nitrogen and oxygen atoms in total. The van der Waals surface area contributed by atoms with Crippen LogP contribution < -0.4 is 10.1 Å². The lowest BCUT2D eigenvalue weighted by Crippen LogP contribution is -2.51. The molecule has 0 aliphatic carbocycles. The Bertz CT molecular complexity index is 1100. The molecule has 0 bridgehead atoms. The third kappa shape index (κ3) is 7.99. The lowest BCUT2D eigenvalue weighted by molar-refractivity contribution is -0.142. The van der Waals surface area contributed by atoms with Crippen molar-refractivity contribution in [1.82, 2.24) is 10.2 Å². The molecule has 1 N–H and O–H groups in total. The van der Waals surface area contributed by atoms with E-state index in [4.69, 9.17) is 4.74 Å². The number of aryl methyl sites for hydroxylation is 2. The molecule has 2 amide bonds. The Kier molecular flexibility index (Phi) is 9.91. The zero-order chi connectivity index (χ0) is 25.0. The predicted octanol–water partition coefficient (Wildman–Crippen LogP) is 5.24. The van der Waals surface area contributed by atoms with E-state index in [0.29, 0.717) is 25.3 Å². The minimum absolute atomic E-state index is 0.135. The lowest BCUT2D eigenvalue weighted by Gasteiger charge is -2.31. The maximum absolute atomic E-state index is 13.6. The monoisotopic (exact) mass is 472 g/mol. The normalized spacial score (nSPS) is 11.5. The molecule has 3 aromatic carbocycles. The van der Waals surface area contributed by atoms with Gasteiger partial charge < -0.3 is 15.0 Å². The van der Waals surface area contributed by atoms with Crippen molar-refractivity contribution < 1.29 is 14.3 Å². The average Bonchev–Trinajstić information content (AvgIpc) is 2.86. The molecule has 0 heterocycles. The first-order valence-corrected chi connectivity index (χ1v) is 12.3. The maximum atomic E-state index is 13.6. The van der Waals surface area contributed by atoms with Gasteiger partial charge in [-0.3, -0.25) is 9.59 Å². The van der Waals surface area contributed by atoms with Crippen molar-refractivity contribution in [3.05, 3.63) is 101 Å². The van der Waals surface area contributed by atoms with E-state index in [0.717, 1.165) is 35.1 Å². The van der Waals surface area contributed by atoms with Gasteiger partial charge in [-0.1, -0.05) is 91.7 Å². The lowest BCUT2D eigenvalue weighted by atomic mass is 10.0. The SMILES string of the molecule is CCCCNC(=O)[C@H](Cc1ccccc1)N(Cc1cccc(C)c1)C(=O)COc1ccccc1C. The van der Waals surface area contributed by atoms with Crippen LogP contribution in [0.2, 0.25) is 0 Å². The Balaban J connectivity index is 1.89. The molecule has 3 aromatic rings. The van der Waals surface area contributed by atoms with Crippen molar-refractivity contribution in [1.29, 1.82) is 0 Å². The summed E-state index contributed by atoms with van der Waals surface area (Å²) in [4.78, 5) is 28.7. The number of rotatable bonds is 12. The van der Waals surface area contributed by atoms with E-state index in [1.165, 1.54) is 0 Å². The van der Waals surface area contributed by atoms with Crippen LogP contribution in [0.3, 0.4) is 0 Å². The molecule has 5 heteroatoms. The van der Waals surface area contributed by atoms with Crippen molar-refractivity contribution in [2.24, 2.45) is 0 Å². The number of benzene rings is 3. The zero-order valence-corrected chi connectivity index (χ0v) is 21.0. The van der Waals surface area contributed by atoms with Gasteiger partial charge in [-0.05, 0) is 43.0 Å². The van der Waals surface area contributed by atoms with Crippen LogP contribution in [0.25, 0.3) is 0 Å². The molecule has 0 spiro atoms. The zero-order valence-electron chi connectivity index (χ0n) is 21.0. The van der Waals surface area contributed by atoms with Gasteiger partial charge in [0.15, 0.2) is 6.61 Å². The molecular formula is C30H36N2O3. The summed E-state index contributed by atoms with van der Waals surface area (Å²) < 4.78 is 5.90. The number of hydrogen-bond donors (Lipinski definition) is 1. The van der Waals surface area contributed by atoms with Crippen molar-refractivity contribution in [2.45, 2.75) is 52.6 Å². The van der Waals surface area contributed by atoms with E-state index in [1.54, 1.807) is 4.90 Å². The van der Waals surface area contributed by atoms with E-state index < -0.39 is 6.04 Å². The Morgan fingerprint density at radius 1 is 0.914 bits per heavy atom. The highest BCUT2D eigenvalue weighted by atomic mass is 16.5. The van der Waals surface area contributed by atoms with E-state index in [2.05, 4.69) is 18.3 Å². The maximum Gasteiger partial charge on any atom is 0.261 e. The van der Waals surface area contributed by atoms with Gasteiger partial charge >= 0.3 is 0 Å². The minimum atomic E-state index is -0.650. The smallest absolute Gasteiger partial charge is 0.261 e. The quantitative estimate of drug-likeness (QED) is 0.367. The topological polar surface area (TPSA) is 58.6 Å². The third-order valence-corrected chi connectivity index (χ3v) is 5.98. The first-order valence-electron chi connectivity index (χ1n) is 12.3. The Morgan fingerprint density at radius 2 is 1.63 bits per heavy atom. The van der Waals surface area contributed by atoms with Crippen molar-refractivity contribution in [3.63, 3.8) is 0 Å². The number of nitrogens with one attached hydrogen (secondary N) is 1. The minimum Gasteiger partial charge on any atom is -0.484 e. The Morgan fingerprint density at radius 3 is 2.34 bits per heavy atom. The molecule has 3 rings (SSSR count). The first kappa shape index (κ1) is 26.0. The van der Waals surface area contributed by atoms with Crippen LogP contribution in [0.4, 0.5) is 0 Å². The van der Waals surface area contributed by atoms with Gasteiger partial charge in [0.1, 0.15) is 11.8 Å². The van der Waals surface area contributed by atoms with Crippen molar-refractivity contribution in [3.8, 4) is 5.75 Å². The fraction of sp³-hybridized carbons (Fsp3) is 0.333. The summed E-state index contributed by atoms with van der Waals surface area (Å²) in [5, 5.41) is 3.05. The number of hydrogen-bond acceptors (Lipinski definition) is 3. The summed E-state index contributed by atoms with van der Waals surface area (Å²) in [6.07, 6.45) is 2.31. The fourth-order valence-electron chi connectivity index (χ4n) is 4.01. The Labute approximate surface area is 209 Å². The van der Waals surface area contributed by atoms with E-state index >= 15 is 0 Å². The van der Waals surface area contributed by atoms with Gasteiger partial charge in [-0.15, -0.1) is 0 Å². The molecule has 0 saturated carbocycles.